The van der Waals surface area contributed by atoms with Gasteiger partial charge in [0, 0.05) is 49.8 Å². The van der Waals surface area contributed by atoms with Crippen molar-refractivity contribution in [2.75, 3.05) is 26.8 Å². The molecule has 0 spiro atoms. The lowest BCUT2D eigenvalue weighted by Crippen LogP contribution is -2.36. The summed E-state index contributed by atoms with van der Waals surface area (Å²) in [7, 11) is 1.77. The SMILES string of the molecule is COC[C@H]1CCCN(Cc2cccc(-c3nc(-c4cccnc4)cc(=O)[nH]3)c2)C1. The van der Waals surface area contributed by atoms with Crippen molar-refractivity contribution in [1.29, 1.82) is 0 Å². The van der Waals surface area contributed by atoms with E-state index >= 15 is 0 Å². The molecule has 1 atom stereocenters. The molecule has 0 aliphatic carbocycles. The minimum Gasteiger partial charge on any atom is -0.384 e. The number of rotatable bonds is 6. The Bertz CT molecular complexity index is 1000. The van der Waals surface area contributed by atoms with Gasteiger partial charge in [-0.25, -0.2) is 4.98 Å². The maximum absolute atomic E-state index is 12.2. The van der Waals surface area contributed by atoms with Crippen LogP contribution in [0.3, 0.4) is 0 Å². The largest absolute Gasteiger partial charge is 0.384 e. The van der Waals surface area contributed by atoms with E-state index in [1.807, 2.05) is 24.3 Å². The number of piperidine rings is 1. The molecule has 1 N–H and O–H groups in total. The van der Waals surface area contributed by atoms with Crippen LogP contribution in [0, 0.1) is 5.92 Å². The number of hydrogen-bond donors (Lipinski definition) is 1. The number of H-pyrrole nitrogens is 1. The van der Waals surface area contributed by atoms with Crippen molar-refractivity contribution in [3.8, 4) is 22.6 Å². The number of likely N-dealkylation sites (tertiary alicyclic amines) is 1. The smallest absolute Gasteiger partial charge is 0.251 e. The molecular weight excluding hydrogens is 364 g/mol. The Hall–Kier alpha value is -2.83. The van der Waals surface area contributed by atoms with Crippen LogP contribution in [0.15, 0.2) is 59.7 Å². The van der Waals surface area contributed by atoms with E-state index < -0.39 is 0 Å². The molecule has 1 aromatic carbocycles. The normalized spacial score (nSPS) is 17.3. The number of nitrogens with zero attached hydrogens (tertiary/aromatic N) is 3. The first kappa shape index (κ1) is 19.5. The van der Waals surface area contributed by atoms with Gasteiger partial charge in [-0.15, -0.1) is 0 Å². The fourth-order valence-corrected chi connectivity index (χ4v) is 4.00. The molecule has 4 rings (SSSR count). The van der Waals surface area contributed by atoms with Gasteiger partial charge in [-0.05, 0) is 49.1 Å². The fraction of sp³-hybridized carbons (Fsp3) is 0.348. The van der Waals surface area contributed by atoms with E-state index in [0.717, 1.165) is 37.4 Å². The number of pyridine rings is 1. The van der Waals surface area contributed by atoms with Gasteiger partial charge in [-0.3, -0.25) is 14.7 Å². The van der Waals surface area contributed by atoms with Crippen molar-refractivity contribution in [2.45, 2.75) is 19.4 Å². The molecule has 1 aliphatic rings. The van der Waals surface area contributed by atoms with Gasteiger partial charge in [0.1, 0.15) is 5.82 Å². The number of nitrogens with one attached hydrogen (secondary N) is 1. The van der Waals surface area contributed by atoms with Crippen LogP contribution >= 0.6 is 0 Å². The van der Waals surface area contributed by atoms with E-state index in [1.165, 1.54) is 24.5 Å². The molecule has 1 saturated heterocycles. The summed E-state index contributed by atoms with van der Waals surface area (Å²) in [6, 6.07) is 13.5. The number of hydrogen-bond acceptors (Lipinski definition) is 5. The first-order valence-electron chi connectivity index (χ1n) is 10.0. The standard InChI is InChI=1S/C23H26N4O2/c1-29-16-18-6-4-10-27(15-18)14-17-5-2-7-19(11-17)23-25-21(12-22(28)26-23)20-8-3-9-24-13-20/h2-3,5,7-9,11-13,18H,4,6,10,14-16H2,1H3,(H,25,26,28)/t18-/m0/s1. The minimum absolute atomic E-state index is 0.169. The molecule has 3 heterocycles. The van der Waals surface area contributed by atoms with E-state index in [9.17, 15) is 4.79 Å². The van der Waals surface area contributed by atoms with Crippen LogP contribution in [0.5, 0.6) is 0 Å². The zero-order valence-electron chi connectivity index (χ0n) is 16.7. The first-order valence-corrected chi connectivity index (χ1v) is 10.0. The highest BCUT2D eigenvalue weighted by atomic mass is 16.5. The maximum atomic E-state index is 12.2. The summed E-state index contributed by atoms with van der Waals surface area (Å²) in [5.74, 6) is 1.18. The highest BCUT2D eigenvalue weighted by Gasteiger charge is 2.20. The van der Waals surface area contributed by atoms with Gasteiger partial charge in [0.2, 0.25) is 0 Å². The van der Waals surface area contributed by atoms with Gasteiger partial charge in [-0.1, -0.05) is 18.2 Å². The molecule has 1 aliphatic heterocycles. The number of aromatic nitrogens is 3. The van der Waals surface area contributed by atoms with E-state index in [0.29, 0.717) is 17.4 Å². The average Bonchev–Trinajstić information content (AvgIpc) is 2.75. The summed E-state index contributed by atoms with van der Waals surface area (Å²) in [6.45, 7) is 3.88. The number of benzene rings is 1. The summed E-state index contributed by atoms with van der Waals surface area (Å²) >= 11 is 0. The van der Waals surface area contributed by atoms with Gasteiger partial charge in [0.15, 0.2) is 0 Å². The molecule has 6 heteroatoms. The lowest BCUT2D eigenvalue weighted by molar-refractivity contribution is 0.0874. The summed E-state index contributed by atoms with van der Waals surface area (Å²) in [5.41, 5.74) is 3.41. The zero-order valence-corrected chi connectivity index (χ0v) is 16.7. The van der Waals surface area contributed by atoms with Crippen molar-refractivity contribution < 1.29 is 4.74 Å². The summed E-state index contributed by atoms with van der Waals surface area (Å²) in [4.78, 5) is 26.4. The summed E-state index contributed by atoms with van der Waals surface area (Å²) in [5, 5.41) is 0. The molecule has 0 radical (unpaired) electrons. The molecule has 0 bridgehead atoms. The van der Waals surface area contributed by atoms with Crippen LogP contribution in [-0.4, -0.2) is 46.7 Å². The Kier molecular flexibility index (Phi) is 6.12. The molecule has 6 nitrogen and oxygen atoms in total. The second-order valence-electron chi connectivity index (χ2n) is 7.62. The van der Waals surface area contributed by atoms with Crippen molar-refractivity contribution in [3.63, 3.8) is 0 Å². The third-order valence-electron chi connectivity index (χ3n) is 5.31. The highest BCUT2D eigenvalue weighted by molar-refractivity contribution is 5.63. The second kappa shape index (κ2) is 9.11. The highest BCUT2D eigenvalue weighted by Crippen LogP contribution is 2.22. The molecule has 2 aromatic heterocycles. The average molecular weight is 390 g/mol. The molecular formula is C23H26N4O2. The van der Waals surface area contributed by atoms with E-state index in [2.05, 4.69) is 32.0 Å². The van der Waals surface area contributed by atoms with Crippen LogP contribution in [0.4, 0.5) is 0 Å². The van der Waals surface area contributed by atoms with Crippen LogP contribution in [0.2, 0.25) is 0 Å². The van der Waals surface area contributed by atoms with Gasteiger partial charge >= 0.3 is 0 Å². The van der Waals surface area contributed by atoms with E-state index in [4.69, 9.17) is 4.74 Å². The zero-order chi connectivity index (χ0) is 20.1. The molecule has 0 amide bonds. The third kappa shape index (κ3) is 4.96. The molecule has 0 unspecified atom stereocenters. The predicted octanol–water partition coefficient (Wildman–Crippen LogP) is 3.36. The Morgan fingerprint density at radius 1 is 1.21 bits per heavy atom. The summed E-state index contributed by atoms with van der Waals surface area (Å²) < 4.78 is 5.34. The lowest BCUT2D eigenvalue weighted by Gasteiger charge is -2.32. The van der Waals surface area contributed by atoms with Crippen LogP contribution in [0.25, 0.3) is 22.6 Å². The third-order valence-corrected chi connectivity index (χ3v) is 5.31. The van der Waals surface area contributed by atoms with Gasteiger partial charge < -0.3 is 9.72 Å². The predicted molar refractivity (Wildman–Crippen MR) is 113 cm³/mol. The minimum atomic E-state index is -0.169. The van der Waals surface area contributed by atoms with Gasteiger partial charge in [-0.2, -0.15) is 0 Å². The van der Waals surface area contributed by atoms with E-state index in [-0.39, 0.29) is 5.56 Å². The summed E-state index contributed by atoms with van der Waals surface area (Å²) in [6.07, 6.45) is 5.86. The van der Waals surface area contributed by atoms with Gasteiger partial charge in [0.05, 0.1) is 12.3 Å². The maximum Gasteiger partial charge on any atom is 0.251 e. The topological polar surface area (TPSA) is 71.1 Å². The van der Waals surface area contributed by atoms with Crippen LogP contribution in [0.1, 0.15) is 18.4 Å². The second-order valence-corrected chi connectivity index (χ2v) is 7.62. The van der Waals surface area contributed by atoms with Crippen molar-refractivity contribution in [1.82, 2.24) is 19.9 Å². The van der Waals surface area contributed by atoms with Gasteiger partial charge in [0.25, 0.3) is 5.56 Å². The Morgan fingerprint density at radius 2 is 2.10 bits per heavy atom. The Morgan fingerprint density at radius 3 is 2.93 bits per heavy atom. The van der Waals surface area contributed by atoms with E-state index in [1.54, 1.807) is 19.5 Å². The van der Waals surface area contributed by atoms with Crippen molar-refractivity contribution >= 4 is 0 Å². The first-order chi connectivity index (χ1) is 14.2. The molecule has 3 aromatic rings. The number of ether oxygens (including phenoxy) is 1. The number of methoxy groups -OCH3 is 1. The quantitative estimate of drug-likeness (QED) is 0.699. The van der Waals surface area contributed by atoms with Crippen molar-refractivity contribution in [2.24, 2.45) is 5.92 Å². The molecule has 29 heavy (non-hydrogen) atoms. The molecule has 1 fully saturated rings. The van der Waals surface area contributed by atoms with Crippen LogP contribution < -0.4 is 5.56 Å². The Labute approximate surface area is 170 Å². The lowest BCUT2D eigenvalue weighted by atomic mass is 9.98. The number of aromatic amines is 1. The monoisotopic (exact) mass is 390 g/mol. The molecule has 150 valence electrons. The van der Waals surface area contributed by atoms with Crippen LogP contribution in [-0.2, 0) is 11.3 Å². The Balaban J connectivity index is 1.56. The fourth-order valence-electron chi connectivity index (χ4n) is 4.00. The van der Waals surface area contributed by atoms with Crippen molar-refractivity contribution in [3.05, 3.63) is 70.8 Å². The molecule has 0 saturated carbocycles.